The van der Waals surface area contributed by atoms with Gasteiger partial charge in [0, 0.05) is 11.4 Å². The van der Waals surface area contributed by atoms with Crippen LogP contribution in [0.5, 0.6) is 5.75 Å². The molecule has 2 nitrogen and oxygen atoms in total. The number of aryl methyl sites for hydroxylation is 1. The first-order chi connectivity index (χ1) is 19.0. The topological polar surface area (TPSA) is 23.5 Å². The standard InChI is InChI=1S/C37H45NOS/c1-36(2,3)33-25-30(26-34(35(33)39)37(4,5)6)16-13-23-40-27-38(31-17-11-8-12-18-31)32-21-19-29(20-22-32)24-28-14-9-7-10-15-28/h7-12,14-15,17-22,25-26,39H,13,16,23-24,27H2,1-6H3. The van der Waals surface area contributed by atoms with Crippen LogP contribution in [0.15, 0.2) is 97.1 Å². The predicted molar refractivity (Wildman–Crippen MR) is 175 cm³/mol. The van der Waals surface area contributed by atoms with Crippen LogP contribution in [0.4, 0.5) is 11.4 Å². The monoisotopic (exact) mass is 551 g/mol. The summed E-state index contributed by atoms with van der Waals surface area (Å²) in [6.07, 6.45) is 3.06. The third-order valence-corrected chi connectivity index (χ3v) is 8.35. The van der Waals surface area contributed by atoms with Crippen LogP contribution in [-0.2, 0) is 23.7 Å². The average Bonchev–Trinajstić information content (AvgIpc) is 2.92. The van der Waals surface area contributed by atoms with Crippen LogP contribution >= 0.6 is 11.8 Å². The summed E-state index contributed by atoms with van der Waals surface area (Å²) in [5.74, 6) is 2.44. The number of phenolic OH excluding ortho intramolecular Hbond substituents is 1. The largest absolute Gasteiger partial charge is 0.507 e. The van der Waals surface area contributed by atoms with Gasteiger partial charge in [0.05, 0.1) is 5.88 Å². The molecule has 0 spiro atoms. The summed E-state index contributed by atoms with van der Waals surface area (Å²) in [7, 11) is 0. The maximum atomic E-state index is 11.1. The van der Waals surface area contributed by atoms with Gasteiger partial charge in [0.1, 0.15) is 5.75 Å². The summed E-state index contributed by atoms with van der Waals surface area (Å²) < 4.78 is 0. The van der Waals surface area contributed by atoms with E-state index in [-0.39, 0.29) is 10.8 Å². The van der Waals surface area contributed by atoms with Crippen LogP contribution in [0.1, 0.15) is 75.8 Å². The van der Waals surface area contributed by atoms with Gasteiger partial charge in [0.2, 0.25) is 0 Å². The van der Waals surface area contributed by atoms with Gasteiger partial charge >= 0.3 is 0 Å². The van der Waals surface area contributed by atoms with Crippen molar-refractivity contribution in [2.24, 2.45) is 0 Å². The zero-order valence-corrected chi connectivity index (χ0v) is 25.9. The van der Waals surface area contributed by atoms with Crippen molar-refractivity contribution in [2.45, 2.75) is 71.6 Å². The fourth-order valence-electron chi connectivity index (χ4n) is 5.05. The lowest BCUT2D eigenvalue weighted by Crippen LogP contribution is -2.18. The molecule has 0 amide bonds. The Labute approximate surface area is 246 Å². The van der Waals surface area contributed by atoms with Crippen LogP contribution in [0.2, 0.25) is 0 Å². The van der Waals surface area contributed by atoms with Gasteiger partial charge in [-0.2, -0.15) is 0 Å². The van der Waals surface area contributed by atoms with Crippen molar-refractivity contribution in [3.63, 3.8) is 0 Å². The molecule has 4 aromatic rings. The van der Waals surface area contributed by atoms with Gasteiger partial charge in [-0.25, -0.2) is 0 Å². The Morgan fingerprint density at radius 2 is 1.12 bits per heavy atom. The molecule has 40 heavy (non-hydrogen) atoms. The maximum absolute atomic E-state index is 11.1. The molecule has 0 aromatic heterocycles. The van der Waals surface area contributed by atoms with Crippen molar-refractivity contribution >= 4 is 23.1 Å². The highest BCUT2D eigenvalue weighted by Gasteiger charge is 2.26. The highest BCUT2D eigenvalue weighted by atomic mass is 32.2. The van der Waals surface area contributed by atoms with Crippen molar-refractivity contribution in [3.8, 4) is 5.75 Å². The number of thioether (sulfide) groups is 1. The number of hydrogen-bond donors (Lipinski definition) is 1. The third kappa shape index (κ3) is 7.95. The van der Waals surface area contributed by atoms with E-state index in [0.717, 1.165) is 42.0 Å². The van der Waals surface area contributed by atoms with Crippen molar-refractivity contribution in [2.75, 3.05) is 16.5 Å². The molecule has 1 N–H and O–H groups in total. The molecule has 4 aromatic carbocycles. The van der Waals surface area contributed by atoms with Crippen LogP contribution < -0.4 is 4.90 Å². The lowest BCUT2D eigenvalue weighted by atomic mass is 9.78. The smallest absolute Gasteiger partial charge is 0.123 e. The fraction of sp³-hybridized carbons (Fsp3) is 0.351. The minimum Gasteiger partial charge on any atom is -0.507 e. The van der Waals surface area contributed by atoms with Crippen LogP contribution in [-0.4, -0.2) is 16.7 Å². The van der Waals surface area contributed by atoms with E-state index in [0.29, 0.717) is 5.75 Å². The molecule has 0 bridgehead atoms. The first kappa shape index (κ1) is 29.8. The second-order valence-electron chi connectivity index (χ2n) is 12.8. The normalized spacial score (nSPS) is 11.9. The van der Waals surface area contributed by atoms with Gasteiger partial charge < -0.3 is 10.0 Å². The molecule has 0 heterocycles. The molecule has 0 aliphatic carbocycles. The van der Waals surface area contributed by atoms with E-state index < -0.39 is 0 Å². The second kappa shape index (κ2) is 13.0. The number of nitrogens with zero attached hydrogens (tertiary/aromatic N) is 1. The summed E-state index contributed by atoms with van der Waals surface area (Å²) in [6, 6.07) is 34.8. The van der Waals surface area contributed by atoms with Crippen LogP contribution in [0.3, 0.4) is 0 Å². The molecule has 3 heteroatoms. The Morgan fingerprint density at radius 1 is 0.625 bits per heavy atom. The Balaban J connectivity index is 1.41. The molecule has 4 rings (SSSR count). The molecular formula is C37H45NOS. The van der Waals surface area contributed by atoms with Crippen molar-refractivity contribution in [1.82, 2.24) is 0 Å². The van der Waals surface area contributed by atoms with Gasteiger partial charge in [-0.3, -0.25) is 0 Å². The van der Waals surface area contributed by atoms with Crippen molar-refractivity contribution < 1.29 is 5.11 Å². The van der Waals surface area contributed by atoms with E-state index in [1.165, 1.54) is 28.1 Å². The molecule has 0 atom stereocenters. The summed E-state index contributed by atoms with van der Waals surface area (Å²) in [5.41, 5.74) is 8.33. The fourth-order valence-corrected chi connectivity index (χ4v) is 6.01. The number of rotatable bonds is 10. The number of aromatic hydroxyl groups is 1. The highest BCUT2D eigenvalue weighted by molar-refractivity contribution is 7.99. The molecule has 0 aliphatic rings. The zero-order valence-electron chi connectivity index (χ0n) is 25.1. The van der Waals surface area contributed by atoms with Crippen molar-refractivity contribution in [1.29, 1.82) is 0 Å². The number of para-hydroxylation sites is 1. The van der Waals surface area contributed by atoms with Gasteiger partial charge in [-0.15, -0.1) is 11.8 Å². The summed E-state index contributed by atoms with van der Waals surface area (Å²) in [4.78, 5) is 2.41. The average molecular weight is 552 g/mol. The molecule has 210 valence electrons. The molecule has 0 fully saturated rings. The zero-order chi connectivity index (χ0) is 28.8. The number of hydrogen-bond acceptors (Lipinski definition) is 3. The number of anilines is 2. The van der Waals surface area contributed by atoms with Crippen LogP contribution in [0.25, 0.3) is 0 Å². The molecule has 0 unspecified atom stereocenters. The maximum Gasteiger partial charge on any atom is 0.123 e. The van der Waals surface area contributed by atoms with E-state index >= 15 is 0 Å². The van der Waals surface area contributed by atoms with Gasteiger partial charge in [-0.05, 0) is 87.9 Å². The van der Waals surface area contributed by atoms with Gasteiger partial charge in [0.25, 0.3) is 0 Å². The molecule has 0 aliphatic heterocycles. The Morgan fingerprint density at radius 3 is 1.68 bits per heavy atom. The van der Waals surface area contributed by atoms with E-state index in [2.05, 4.69) is 144 Å². The van der Waals surface area contributed by atoms with E-state index in [1.54, 1.807) is 0 Å². The SMILES string of the molecule is CC(C)(C)c1cc(CCCSCN(c2ccccc2)c2ccc(Cc3ccccc3)cc2)cc(C(C)(C)C)c1O. The quantitative estimate of drug-likeness (QED) is 0.157. The Hall–Kier alpha value is -3.17. The molecule has 0 saturated carbocycles. The number of benzene rings is 4. The third-order valence-electron chi connectivity index (χ3n) is 7.33. The minimum absolute atomic E-state index is 0.0956. The first-order valence-corrected chi connectivity index (χ1v) is 15.6. The van der Waals surface area contributed by atoms with Crippen LogP contribution in [0, 0.1) is 0 Å². The lowest BCUT2D eigenvalue weighted by Gasteiger charge is -2.28. The molecule has 0 radical (unpaired) electrons. The first-order valence-electron chi connectivity index (χ1n) is 14.4. The summed E-state index contributed by atoms with van der Waals surface area (Å²) in [5, 5.41) is 11.1. The predicted octanol–water partition coefficient (Wildman–Crippen LogP) is 10.0. The summed E-state index contributed by atoms with van der Waals surface area (Å²) in [6.45, 7) is 13.1. The van der Waals surface area contributed by atoms with Gasteiger partial charge in [0.15, 0.2) is 0 Å². The Bertz CT molecular complexity index is 1310. The Kier molecular flexibility index (Phi) is 9.68. The highest BCUT2D eigenvalue weighted by Crippen LogP contribution is 2.40. The van der Waals surface area contributed by atoms with Gasteiger partial charge in [-0.1, -0.05) is 114 Å². The lowest BCUT2D eigenvalue weighted by molar-refractivity contribution is 0.422. The van der Waals surface area contributed by atoms with Crippen molar-refractivity contribution in [3.05, 3.63) is 125 Å². The second-order valence-corrected chi connectivity index (χ2v) is 13.8. The van der Waals surface area contributed by atoms with E-state index in [1.807, 2.05) is 11.8 Å². The van der Waals surface area contributed by atoms with E-state index in [9.17, 15) is 5.11 Å². The molecule has 0 saturated heterocycles. The summed E-state index contributed by atoms with van der Waals surface area (Å²) >= 11 is 1.98. The minimum atomic E-state index is -0.0956. The van der Waals surface area contributed by atoms with E-state index in [4.69, 9.17) is 0 Å². The number of phenols is 1. The molecular weight excluding hydrogens is 506 g/mol.